The van der Waals surface area contributed by atoms with Crippen LogP contribution in [0.25, 0.3) is 0 Å². The Morgan fingerprint density at radius 2 is 1.84 bits per heavy atom. The summed E-state index contributed by atoms with van der Waals surface area (Å²) in [5.41, 5.74) is 1.13. The molecule has 1 saturated heterocycles. The Morgan fingerprint density at radius 1 is 1.21 bits per heavy atom. The van der Waals surface area contributed by atoms with E-state index in [1.54, 1.807) is 12.1 Å². The highest BCUT2D eigenvalue weighted by Crippen LogP contribution is 2.19. The normalized spacial score (nSPS) is 16.4. The molecule has 0 aromatic heterocycles. The van der Waals surface area contributed by atoms with E-state index in [4.69, 9.17) is 0 Å². The van der Waals surface area contributed by atoms with Crippen molar-refractivity contribution in [3.05, 3.63) is 24.3 Å². The van der Waals surface area contributed by atoms with Gasteiger partial charge in [0.15, 0.2) is 0 Å². The van der Waals surface area contributed by atoms with Crippen LogP contribution >= 0.6 is 0 Å². The number of esters is 1. The summed E-state index contributed by atoms with van der Waals surface area (Å²) in [5.74, 6) is 0.140. The molecule has 0 bridgehead atoms. The number of hydrogen-bond acceptors (Lipinski definition) is 5. The van der Waals surface area contributed by atoms with E-state index >= 15 is 0 Å². The van der Waals surface area contributed by atoms with Crippen molar-refractivity contribution < 1.29 is 14.6 Å². The van der Waals surface area contributed by atoms with Crippen LogP contribution in [0.4, 0.5) is 5.69 Å². The van der Waals surface area contributed by atoms with Gasteiger partial charge in [-0.3, -0.25) is 9.69 Å². The average Bonchev–Trinajstić information content (AvgIpc) is 2.46. The number of rotatable bonds is 4. The maximum absolute atomic E-state index is 11.1. The number of phenols is 1. The van der Waals surface area contributed by atoms with Gasteiger partial charge in [-0.15, -0.1) is 0 Å². The quantitative estimate of drug-likeness (QED) is 0.825. The lowest BCUT2D eigenvalue weighted by Gasteiger charge is -2.35. The molecule has 1 fully saturated rings. The van der Waals surface area contributed by atoms with Gasteiger partial charge in [0, 0.05) is 38.4 Å². The van der Waals surface area contributed by atoms with E-state index < -0.39 is 0 Å². The Labute approximate surface area is 113 Å². The van der Waals surface area contributed by atoms with Crippen molar-refractivity contribution in [1.29, 1.82) is 0 Å². The smallest absolute Gasteiger partial charge is 0.306 e. The number of benzene rings is 1. The fraction of sp³-hybridized carbons (Fsp3) is 0.500. The summed E-state index contributed by atoms with van der Waals surface area (Å²) in [6.07, 6.45) is 0.454. The van der Waals surface area contributed by atoms with Gasteiger partial charge in [-0.1, -0.05) is 0 Å². The number of piperazine rings is 1. The van der Waals surface area contributed by atoms with Crippen molar-refractivity contribution in [2.75, 3.05) is 44.7 Å². The van der Waals surface area contributed by atoms with E-state index in [2.05, 4.69) is 14.5 Å². The van der Waals surface area contributed by atoms with E-state index in [9.17, 15) is 9.90 Å². The third kappa shape index (κ3) is 3.86. The lowest BCUT2D eigenvalue weighted by Crippen LogP contribution is -2.46. The van der Waals surface area contributed by atoms with Crippen LogP contribution < -0.4 is 4.90 Å². The van der Waals surface area contributed by atoms with E-state index in [1.165, 1.54) is 7.11 Å². The number of carbonyl (C=O) groups excluding carboxylic acids is 1. The number of aromatic hydroxyl groups is 1. The predicted octanol–water partition coefficient (Wildman–Crippen LogP) is 1.08. The second kappa shape index (κ2) is 6.43. The Bertz CT molecular complexity index is 411. The third-order valence-electron chi connectivity index (χ3n) is 3.45. The monoisotopic (exact) mass is 264 g/mol. The summed E-state index contributed by atoms with van der Waals surface area (Å²) >= 11 is 0. The molecule has 1 aromatic rings. The molecule has 0 amide bonds. The molecule has 1 aliphatic rings. The lowest BCUT2D eigenvalue weighted by molar-refractivity contribution is -0.141. The van der Waals surface area contributed by atoms with Gasteiger partial charge in [0.2, 0.25) is 0 Å². The molecule has 0 atom stereocenters. The number of hydrogen-bond donors (Lipinski definition) is 1. The molecule has 1 N–H and O–H groups in total. The lowest BCUT2D eigenvalue weighted by atomic mass is 10.2. The van der Waals surface area contributed by atoms with Crippen molar-refractivity contribution in [3.8, 4) is 5.75 Å². The zero-order valence-electron chi connectivity index (χ0n) is 11.2. The highest BCUT2D eigenvalue weighted by atomic mass is 16.5. The van der Waals surface area contributed by atoms with Gasteiger partial charge in [-0.05, 0) is 24.3 Å². The van der Waals surface area contributed by atoms with E-state index in [-0.39, 0.29) is 5.97 Å². The molecular weight excluding hydrogens is 244 g/mol. The summed E-state index contributed by atoms with van der Waals surface area (Å²) < 4.78 is 4.64. The van der Waals surface area contributed by atoms with E-state index in [1.807, 2.05) is 12.1 Å². The van der Waals surface area contributed by atoms with Gasteiger partial charge in [-0.2, -0.15) is 0 Å². The van der Waals surface area contributed by atoms with Gasteiger partial charge in [0.05, 0.1) is 13.5 Å². The van der Waals surface area contributed by atoms with Gasteiger partial charge in [0.25, 0.3) is 0 Å². The SMILES string of the molecule is COC(=O)CCN1CCN(c2ccc(O)cc2)CC1. The minimum absolute atomic E-state index is 0.152. The van der Waals surface area contributed by atoms with Crippen molar-refractivity contribution in [2.45, 2.75) is 6.42 Å². The highest BCUT2D eigenvalue weighted by Gasteiger charge is 2.17. The number of nitrogens with zero attached hydrogens (tertiary/aromatic N) is 2. The molecule has 1 heterocycles. The van der Waals surface area contributed by atoms with Crippen LogP contribution in [0.2, 0.25) is 0 Å². The fourth-order valence-corrected chi connectivity index (χ4v) is 2.24. The van der Waals surface area contributed by atoms with Gasteiger partial charge in [0.1, 0.15) is 5.75 Å². The Balaban J connectivity index is 1.79. The molecule has 0 radical (unpaired) electrons. The second-order valence-corrected chi connectivity index (χ2v) is 4.67. The van der Waals surface area contributed by atoms with Crippen molar-refractivity contribution >= 4 is 11.7 Å². The summed E-state index contributed by atoms with van der Waals surface area (Å²) in [7, 11) is 1.42. The first-order valence-corrected chi connectivity index (χ1v) is 6.52. The minimum atomic E-state index is -0.152. The zero-order valence-corrected chi connectivity index (χ0v) is 11.2. The average molecular weight is 264 g/mol. The van der Waals surface area contributed by atoms with E-state index in [0.717, 1.165) is 38.4 Å². The first-order chi connectivity index (χ1) is 9.19. The van der Waals surface area contributed by atoms with Crippen LogP contribution in [-0.4, -0.2) is 55.8 Å². The molecule has 104 valence electrons. The largest absolute Gasteiger partial charge is 0.508 e. The number of phenolic OH excluding ortho intramolecular Hbond substituents is 1. The Kier molecular flexibility index (Phi) is 4.63. The Morgan fingerprint density at radius 3 is 2.42 bits per heavy atom. The molecule has 1 aliphatic heterocycles. The van der Waals surface area contributed by atoms with Crippen molar-refractivity contribution in [3.63, 3.8) is 0 Å². The molecule has 0 aliphatic carbocycles. The molecule has 0 unspecified atom stereocenters. The maximum atomic E-state index is 11.1. The fourth-order valence-electron chi connectivity index (χ4n) is 2.24. The molecular formula is C14H20N2O3. The number of ether oxygens (including phenoxy) is 1. The third-order valence-corrected chi connectivity index (χ3v) is 3.45. The van der Waals surface area contributed by atoms with Gasteiger partial charge in [-0.25, -0.2) is 0 Å². The summed E-state index contributed by atoms with van der Waals surface area (Å²) in [6, 6.07) is 7.27. The first kappa shape index (κ1) is 13.7. The molecule has 0 saturated carbocycles. The summed E-state index contributed by atoms with van der Waals surface area (Å²) in [4.78, 5) is 15.6. The van der Waals surface area contributed by atoms with Crippen LogP contribution in [0.15, 0.2) is 24.3 Å². The van der Waals surface area contributed by atoms with Crippen LogP contribution in [0.3, 0.4) is 0 Å². The molecule has 1 aromatic carbocycles. The minimum Gasteiger partial charge on any atom is -0.508 e. The topological polar surface area (TPSA) is 53.0 Å². The van der Waals surface area contributed by atoms with Crippen molar-refractivity contribution in [2.24, 2.45) is 0 Å². The predicted molar refractivity (Wildman–Crippen MR) is 73.4 cm³/mol. The van der Waals surface area contributed by atoms with Crippen LogP contribution in [0.5, 0.6) is 5.75 Å². The Hall–Kier alpha value is -1.75. The van der Waals surface area contributed by atoms with E-state index in [0.29, 0.717) is 12.2 Å². The highest BCUT2D eigenvalue weighted by molar-refractivity contribution is 5.69. The molecule has 0 spiro atoms. The zero-order chi connectivity index (χ0) is 13.7. The van der Waals surface area contributed by atoms with Crippen LogP contribution in [-0.2, 0) is 9.53 Å². The van der Waals surface area contributed by atoms with Crippen molar-refractivity contribution in [1.82, 2.24) is 4.90 Å². The number of carbonyl (C=O) groups is 1. The number of methoxy groups -OCH3 is 1. The van der Waals surface area contributed by atoms with Gasteiger partial charge < -0.3 is 14.7 Å². The van der Waals surface area contributed by atoms with Crippen LogP contribution in [0, 0.1) is 0 Å². The first-order valence-electron chi connectivity index (χ1n) is 6.52. The standard InChI is InChI=1S/C14H20N2O3/c1-19-14(18)6-7-15-8-10-16(11-9-15)12-2-4-13(17)5-3-12/h2-5,17H,6-11H2,1H3. The number of anilines is 1. The summed E-state index contributed by atoms with van der Waals surface area (Å²) in [6.45, 7) is 4.52. The second-order valence-electron chi connectivity index (χ2n) is 4.67. The molecule has 5 nitrogen and oxygen atoms in total. The molecule has 5 heteroatoms. The maximum Gasteiger partial charge on any atom is 0.306 e. The molecule has 19 heavy (non-hydrogen) atoms. The van der Waals surface area contributed by atoms with Crippen LogP contribution in [0.1, 0.15) is 6.42 Å². The van der Waals surface area contributed by atoms with Gasteiger partial charge >= 0.3 is 5.97 Å². The molecule has 2 rings (SSSR count). The summed E-state index contributed by atoms with van der Waals surface area (Å²) in [5, 5.41) is 9.27.